The molecule has 1 aromatic rings. The summed E-state index contributed by atoms with van der Waals surface area (Å²) in [6, 6.07) is 5.05. The van der Waals surface area contributed by atoms with Gasteiger partial charge in [-0.15, -0.1) is 0 Å². The van der Waals surface area contributed by atoms with Crippen LogP contribution in [0.2, 0.25) is 0 Å². The lowest BCUT2D eigenvalue weighted by molar-refractivity contribution is -0.121. The molecule has 0 aliphatic heterocycles. The molecule has 8 heteroatoms. The molecule has 23 heavy (non-hydrogen) atoms. The van der Waals surface area contributed by atoms with E-state index in [1.165, 1.54) is 0 Å². The molecule has 0 unspecified atom stereocenters. The number of carbonyl (C=O) groups excluding carboxylic acids is 2. The van der Waals surface area contributed by atoms with E-state index in [1.807, 2.05) is 0 Å². The van der Waals surface area contributed by atoms with E-state index >= 15 is 0 Å². The molecule has 126 valence electrons. The van der Waals surface area contributed by atoms with Gasteiger partial charge in [-0.2, -0.15) is 0 Å². The highest BCUT2D eigenvalue weighted by molar-refractivity contribution is 14.1. The molecule has 0 aromatic heterocycles. The molecule has 0 spiro atoms. The van der Waals surface area contributed by atoms with Crippen molar-refractivity contribution in [1.29, 1.82) is 0 Å². The van der Waals surface area contributed by atoms with Crippen LogP contribution in [0.3, 0.4) is 0 Å². The van der Waals surface area contributed by atoms with Crippen LogP contribution < -0.4 is 20.9 Å². The van der Waals surface area contributed by atoms with Crippen LogP contribution in [-0.4, -0.2) is 24.0 Å². The fraction of sp³-hybridized carbons (Fsp3) is 0.400. The lowest BCUT2D eigenvalue weighted by atomic mass is 10.2. The second-order valence-electron chi connectivity index (χ2n) is 4.76. The van der Waals surface area contributed by atoms with Crippen molar-refractivity contribution in [1.82, 2.24) is 16.2 Å². The number of unbranched alkanes of at least 4 members (excludes halogenated alkanes) is 2. The Labute approximate surface area is 154 Å². The quantitative estimate of drug-likeness (QED) is 0.269. The zero-order chi connectivity index (χ0) is 17.2. The van der Waals surface area contributed by atoms with Gasteiger partial charge in [-0.25, -0.2) is 0 Å². The maximum absolute atomic E-state index is 12.1. The molecular formula is C15H20IN3O3S. The van der Waals surface area contributed by atoms with Gasteiger partial charge in [-0.1, -0.05) is 19.8 Å². The number of benzene rings is 1. The Bertz CT molecular complexity index is 581. The molecule has 1 rings (SSSR count). The van der Waals surface area contributed by atoms with Gasteiger partial charge in [0.05, 0.1) is 10.7 Å². The SMILES string of the molecule is CCCCCC(=O)NNC(=S)NC(=O)c1ccc(OC)c(I)c1. The fourth-order valence-electron chi connectivity index (χ4n) is 1.74. The number of rotatable bonds is 6. The van der Waals surface area contributed by atoms with Gasteiger partial charge in [0.15, 0.2) is 5.11 Å². The Balaban J connectivity index is 2.43. The Morgan fingerprint density at radius 3 is 2.61 bits per heavy atom. The summed E-state index contributed by atoms with van der Waals surface area (Å²) < 4.78 is 5.96. The van der Waals surface area contributed by atoms with Gasteiger partial charge in [0.2, 0.25) is 5.91 Å². The number of methoxy groups -OCH3 is 1. The third-order valence-electron chi connectivity index (χ3n) is 2.96. The topological polar surface area (TPSA) is 79.5 Å². The van der Waals surface area contributed by atoms with Gasteiger partial charge in [0.1, 0.15) is 5.75 Å². The molecule has 0 aliphatic carbocycles. The minimum atomic E-state index is -0.358. The van der Waals surface area contributed by atoms with Crippen molar-refractivity contribution in [3.05, 3.63) is 27.3 Å². The van der Waals surface area contributed by atoms with E-state index < -0.39 is 0 Å². The molecule has 2 amide bonds. The van der Waals surface area contributed by atoms with Crippen molar-refractivity contribution < 1.29 is 14.3 Å². The molecule has 0 saturated carbocycles. The van der Waals surface area contributed by atoms with Crippen LogP contribution in [-0.2, 0) is 4.79 Å². The molecule has 6 nitrogen and oxygen atoms in total. The number of nitrogens with one attached hydrogen (secondary N) is 3. The molecule has 0 atom stereocenters. The van der Waals surface area contributed by atoms with Crippen molar-refractivity contribution >= 4 is 51.7 Å². The number of hydrogen-bond donors (Lipinski definition) is 3. The minimum Gasteiger partial charge on any atom is -0.496 e. The molecule has 3 N–H and O–H groups in total. The molecule has 1 aromatic carbocycles. The summed E-state index contributed by atoms with van der Waals surface area (Å²) >= 11 is 7.06. The third-order valence-corrected chi connectivity index (χ3v) is 4.01. The average Bonchev–Trinajstić information content (AvgIpc) is 2.53. The van der Waals surface area contributed by atoms with E-state index in [0.717, 1.165) is 22.8 Å². The summed E-state index contributed by atoms with van der Waals surface area (Å²) in [5.41, 5.74) is 5.43. The van der Waals surface area contributed by atoms with Crippen molar-refractivity contribution in [3.63, 3.8) is 0 Å². The minimum absolute atomic E-state index is 0.0460. The molecular weight excluding hydrogens is 429 g/mol. The fourth-order valence-corrected chi connectivity index (χ4v) is 2.62. The van der Waals surface area contributed by atoms with Crippen LogP contribution in [0, 0.1) is 3.57 Å². The summed E-state index contributed by atoms with van der Waals surface area (Å²) in [5.74, 6) is 0.180. The molecule has 0 radical (unpaired) electrons. The van der Waals surface area contributed by atoms with Crippen LogP contribution in [0.1, 0.15) is 43.0 Å². The molecule has 0 heterocycles. The van der Waals surface area contributed by atoms with Gasteiger partial charge in [-0.3, -0.25) is 25.8 Å². The first-order valence-corrected chi connectivity index (χ1v) is 8.70. The second-order valence-corrected chi connectivity index (χ2v) is 6.33. The first-order valence-electron chi connectivity index (χ1n) is 7.21. The largest absolute Gasteiger partial charge is 0.496 e. The number of halogens is 1. The van der Waals surface area contributed by atoms with Crippen LogP contribution in [0.15, 0.2) is 18.2 Å². The van der Waals surface area contributed by atoms with Crippen molar-refractivity contribution in [2.45, 2.75) is 32.6 Å². The monoisotopic (exact) mass is 449 g/mol. The van der Waals surface area contributed by atoms with Crippen LogP contribution in [0.5, 0.6) is 5.75 Å². The normalized spacial score (nSPS) is 9.87. The van der Waals surface area contributed by atoms with Crippen LogP contribution >= 0.6 is 34.8 Å². The summed E-state index contributed by atoms with van der Waals surface area (Å²) in [6.45, 7) is 2.07. The number of hydrogen-bond acceptors (Lipinski definition) is 4. The Kier molecular flexibility index (Phi) is 8.85. The van der Waals surface area contributed by atoms with E-state index in [9.17, 15) is 9.59 Å². The first-order chi connectivity index (χ1) is 11.0. The lowest BCUT2D eigenvalue weighted by Gasteiger charge is -2.11. The molecule has 0 aliphatic rings. The Morgan fingerprint density at radius 2 is 2.00 bits per heavy atom. The number of thiocarbonyl (C=S) groups is 1. The molecule has 0 bridgehead atoms. The van der Waals surface area contributed by atoms with Gasteiger partial charge in [0.25, 0.3) is 5.91 Å². The van der Waals surface area contributed by atoms with E-state index in [-0.39, 0.29) is 16.9 Å². The standard InChI is InChI=1S/C15H20IN3O3S/c1-3-4-5-6-13(20)18-19-15(23)17-14(21)10-7-8-12(22-2)11(16)9-10/h7-9H,3-6H2,1-2H3,(H,18,20)(H2,17,19,21,23). The Hall–Kier alpha value is -1.42. The highest BCUT2D eigenvalue weighted by Crippen LogP contribution is 2.21. The zero-order valence-corrected chi connectivity index (χ0v) is 16.0. The van der Waals surface area contributed by atoms with Crippen molar-refractivity contribution in [2.75, 3.05) is 7.11 Å². The highest BCUT2D eigenvalue weighted by Gasteiger charge is 2.11. The maximum atomic E-state index is 12.1. The molecule has 0 fully saturated rings. The van der Waals surface area contributed by atoms with Crippen LogP contribution in [0.4, 0.5) is 0 Å². The Morgan fingerprint density at radius 1 is 1.26 bits per heavy atom. The third kappa shape index (κ3) is 7.12. The van der Waals surface area contributed by atoms with Gasteiger partial charge < -0.3 is 4.74 Å². The second kappa shape index (κ2) is 10.4. The van der Waals surface area contributed by atoms with Crippen LogP contribution in [0.25, 0.3) is 0 Å². The molecule has 0 saturated heterocycles. The maximum Gasteiger partial charge on any atom is 0.257 e. The summed E-state index contributed by atoms with van der Waals surface area (Å²) in [4.78, 5) is 23.6. The number of amides is 2. The summed E-state index contributed by atoms with van der Waals surface area (Å²) in [5, 5.41) is 2.55. The number of ether oxygens (including phenoxy) is 1. The average molecular weight is 449 g/mol. The van der Waals surface area contributed by atoms with Gasteiger partial charge in [-0.05, 0) is 59.4 Å². The highest BCUT2D eigenvalue weighted by atomic mass is 127. The number of carbonyl (C=O) groups is 2. The van der Waals surface area contributed by atoms with Gasteiger partial charge >= 0.3 is 0 Å². The number of hydrazine groups is 1. The predicted octanol–water partition coefficient (Wildman–Crippen LogP) is 2.52. The van der Waals surface area contributed by atoms with E-state index in [0.29, 0.717) is 17.7 Å². The predicted molar refractivity (Wildman–Crippen MR) is 101 cm³/mol. The summed E-state index contributed by atoms with van der Waals surface area (Å²) in [6.07, 6.45) is 3.31. The van der Waals surface area contributed by atoms with Crippen molar-refractivity contribution in [3.8, 4) is 5.75 Å². The first kappa shape index (κ1) is 19.6. The zero-order valence-electron chi connectivity index (χ0n) is 13.1. The van der Waals surface area contributed by atoms with E-state index in [4.69, 9.17) is 17.0 Å². The van der Waals surface area contributed by atoms with Crippen molar-refractivity contribution in [2.24, 2.45) is 0 Å². The van der Waals surface area contributed by atoms with E-state index in [1.54, 1.807) is 25.3 Å². The lowest BCUT2D eigenvalue weighted by Crippen LogP contribution is -2.48. The van der Waals surface area contributed by atoms with Gasteiger partial charge in [0, 0.05) is 12.0 Å². The smallest absolute Gasteiger partial charge is 0.257 e. The summed E-state index contributed by atoms with van der Waals surface area (Å²) in [7, 11) is 1.57. The van der Waals surface area contributed by atoms with E-state index in [2.05, 4.69) is 45.7 Å².